The number of aromatic nitrogens is 1. The van der Waals surface area contributed by atoms with Crippen LogP contribution in [0, 0.1) is 5.82 Å². The molecule has 4 rings (SSSR count). The first-order valence-corrected chi connectivity index (χ1v) is 11.5. The van der Waals surface area contributed by atoms with Gasteiger partial charge in [0.05, 0.1) is 11.9 Å². The number of carbonyl (C=O) groups is 1. The third-order valence-corrected chi connectivity index (χ3v) is 6.50. The molecule has 1 aliphatic carbocycles. The highest BCUT2D eigenvalue weighted by molar-refractivity contribution is 5.74. The Hall–Kier alpha value is -3.45. The minimum Gasteiger partial charge on any atom is -0.487 e. The first kappa shape index (κ1) is 23.7. The lowest BCUT2D eigenvalue weighted by atomic mass is 9.79. The Morgan fingerprint density at radius 1 is 1.12 bits per heavy atom. The van der Waals surface area contributed by atoms with Crippen LogP contribution in [-0.4, -0.2) is 34.1 Å². The first-order chi connectivity index (χ1) is 16.4. The van der Waals surface area contributed by atoms with Crippen molar-refractivity contribution in [2.45, 2.75) is 50.5 Å². The number of pyridine rings is 1. The zero-order chi connectivity index (χ0) is 24.0. The van der Waals surface area contributed by atoms with Crippen molar-refractivity contribution in [2.24, 2.45) is 0 Å². The van der Waals surface area contributed by atoms with Crippen LogP contribution in [0.15, 0.2) is 72.9 Å². The summed E-state index contributed by atoms with van der Waals surface area (Å²) in [4.78, 5) is 18.7. The van der Waals surface area contributed by atoms with Gasteiger partial charge in [0.2, 0.25) is 0 Å². The molecule has 0 aliphatic heterocycles. The van der Waals surface area contributed by atoms with E-state index in [1.807, 2.05) is 42.5 Å². The SMILES string of the molecule is CN(C(=O)NCc1ccccc1F)[C@H]1CC[C@](O)(c2ccc(OCc3ccccc3)cn2)CC1. The van der Waals surface area contributed by atoms with E-state index < -0.39 is 5.60 Å². The Morgan fingerprint density at radius 2 is 1.82 bits per heavy atom. The van der Waals surface area contributed by atoms with Gasteiger partial charge in [0.15, 0.2) is 0 Å². The number of ether oxygens (including phenoxy) is 1. The fourth-order valence-corrected chi connectivity index (χ4v) is 4.31. The molecule has 1 fully saturated rings. The monoisotopic (exact) mass is 463 g/mol. The Kier molecular flexibility index (Phi) is 7.43. The average molecular weight is 464 g/mol. The fourth-order valence-electron chi connectivity index (χ4n) is 4.31. The maximum atomic E-state index is 13.8. The van der Waals surface area contributed by atoms with Gasteiger partial charge in [-0.25, -0.2) is 9.18 Å². The molecule has 0 atom stereocenters. The van der Waals surface area contributed by atoms with E-state index in [2.05, 4.69) is 10.3 Å². The van der Waals surface area contributed by atoms with Crippen LogP contribution in [0.3, 0.4) is 0 Å². The van der Waals surface area contributed by atoms with Crippen molar-refractivity contribution in [1.82, 2.24) is 15.2 Å². The second kappa shape index (κ2) is 10.7. The summed E-state index contributed by atoms with van der Waals surface area (Å²) in [7, 11) is 1.74. The summed E-state index contributed by atoms with van der Waals surface area (Å²) in [5, 5.41) is 14.0. The van der Waals surface area contributed by atoms with Crippen LogP contribution in [0.4, 0.5) is 9.18 Å². The quantitative estimate of drug-likeness (QED) is 0.529. The molecule has 3 aromatic rings. The molecule has 2 N–H and O–H groups in total. The number of halogens is 1. The van der Waals surface area contributed by atoms with E-state index in [4.69, 9.17) is 4.74 Å². The van der Waals surface area contributed by atoms with Crippen LogP contribution in [0.1, 0.15) is 42.5 Å². The number of rotatable bonds is 7. The second-order valence-corrected chi connectivity index (χ2v) is 8.78. The highest BCUT2D eigenvalue weighted by atomic mass is 19.1. The summed E-state index contributed by atoms with van der Waals surface area (Å²) in [6.45, 7) is 0.592. The summed E-state index contributed by atoms with van der Waals surface area (Å²) in [6.07, 6.45) is 3.94. The zero-order valence-corrected chi connectivity index (χ0v) is 19.3. The summed E-state index contributed by atoms with van der Waals surface area (Å²) in [5.74, 6) is 0.313. The number of hydrogen-bond acceptors (Lipinski definition) is 4. The Bertz CT molecular complexity index is 1080. The number of urea groups is 1. The van der Waals surface area contributed by atoms with Gasteiger partial charge in [0.25, 0.3) is 0 Å². The van der Waals surface area contributed by atoms with Gasteiger partial charge in [-0.1, -0.05) is 48.5 Å². The van der Waals surface area contributed by atoms with Crippen LogP contribution in [0.5, 0.6) is 5.75 Å². The van der Waals surface area contributed by atoms with E-state index in [0.29, 0.717) is 49.3 Å². The van der Waals surface area contributed by atoms with Crippen molar-refractivity contribution < 1.29 is 19.0 Å². The lowest BCUT2D eigenvalue weighted by Crippen LogP contribution is -2.47. The van der Waals surface area contributed by atoms with E-state index in [-0.39, 0.29) is 24.4 Å². The van der Waals surface area contributed by atoms with Crippen LogP contribution in [0.2, 0.25) is 0 Å². The molecule has 0 radical (unpaired) electrons. The number of carbonyl (C=O) groups excluding carboxylic acids is 1. The van der Waals surface area contributed by atoms with Crippen molar-refractivity contribution in [3.63, 3.8) is 0 Å². The van der Waals surface area contributed by atoms with E-state index in [1.54, 1.807) is 36.3 Å². The maximum Gasteiger partial charge on any atom is 0.317 e. The minimum absolute atomic E-state index is 0.00521. The molecule has 178 valence electrons. The van der Waals surface area contributed by atoms with Crippen molar-refractivity contribution in [3.8, 4) is 5.75 Å². The summed E-state index contributed by atoms with van der Waals surface area (Å²) >= 11 is 0. The largest absolute Gasteiger partial charge is 0.487 e. The molecule has 34 heavy (non-hydrogen) atoms. The number of nitrogens with zero attached hydrogens (tertiary/aromatic N) is 2. The molecule has 1 saturated carbocycles. The highest BCUT2D eigenvalue weighted by Crippen LogP contribution is 2.38. The third kappa shape index (κ3) is 5.72. The molecule has 0 unspecified atom stereocenters. The molecule has 0 spiro atoms. The summed E-state index contributed by atoms with van der Waals surface area (Å²) in [5.41, 5.74) is 1.11. The molecule has 2 amide bonds. The zero-order valence-electron chi connectivity index (χ0n) is 19.3. The van der Waals surface area contributed by atoms with Crippen LogP contribution in [0.25, 0.3) is 0 Å². The normalized spacial score (nSPS) is 19.9. The van der Waals surface area contributed by atoms with Crippen molar-refractivity contribution in [1.29, 1.82) is 0 Å². The Balaban J connectivity index is 1.27. The number of benzene rings is 2. The Labute approximate surface area is 199 Å². The average Bonchev–Trinajstić information content (AvgIpc) is 2.88. The van der Waals surface area contributed by atoms with Gasteiger partial charge in [-0.15, -0.1) is 0 Å². The molecular weight excluding hydrogens is 433 g/mol. The minimum atomic E-state index is -1.03. The molecule has 1 heterocycles. The molecule has 1 aromatic heterocycles. The van der Waals surface area contributed by atoms with Gasteiger partial charge in [0, 0.05) is 25.2 Å². The molecule has 1 aliphatic rings. The number of nitrogens with one attached hydrogen (secondary N) is 1. The van der Waals surface area contributed by atoms with Crippen molar-refractivity contribution >= 4 is 6.03 Å². The summed E-state index contributed by atoms with van der Waals surface area (Å²) < 4.78 is 19.6. The van der Waals surface area contributed by atoms with Crippen molar-refractivity contribution in [2.75, 3.05) is 7.05 Å². The van der Waals surface area contributed by atoms with E-state index in [0.717, 1.165) is 5.56 Å². The summed E-state index contributed by atoms with van der Waals surface area (Å²) in [6, 6.07) is 19.7. The van der Waals surface area contributed by atoms with Gasteiger partial charge in [-0.2, -0.15) is 0 Å². The van der Waals surface area contributed by atoms with Gasteiger partial charge in [-0.3, -0.25) is 4.98 Å². The topological polar surface area (TPSA) is 74.7 Å². The van der Waals surface area contributed by atoms with Gasteiger partial charge >= 0.3 is 6.03 Å². The smallest absolute Gasteiger partial charge is 0.317 e. The highest BCUT2D eigenvalue weighted by Gasteiger charge is 2.38. The van der Waals surface area contributed by atoms with E-state index in [9.17, 15) is 14.3 Å². The predicted octanol–water partition coefficient (Wildman–Crippen LogP) is 4.77. The number of aliphatic hydroxyl groups is 1. The van der Waals surface area contributed by atoms with Gasteiger partial charge in [0.1, 0.15) is 23.8 Å². The predicted molar refractivity (Wildman–Crippen MR) is 128 cm³/mol. The molecule has 6 nitrogen and oxygen atoms in total. The second-order valence-electron chi connectivity index (χ2n) is 8.78. The lowest BCUT2D eigenvalue weighted by Gasteiger charge is -2.39. The number of hydrogen-bond donors (Lipinski definition) is 2. The van der Waals surface area contributed by atoms with Crippen LogP contribution < -0.4 is 10.1 Å². The van der Waals surface area contributed by atoms with Crippen molar-refractivity contribution in [3.05, 3.63) is 95.6 Å². The number of amides is 2. The maximum absolute atomic E-state index is 13.8. The Morgan fingerprint density at radius 3 is 2.50 bits per heavy atom. The fraction of sp³-hybridized carbons (Fsp3) is 0.333. The standard InChI is InChI=1S/C27H30FN3O3/c1-31(26(32)30-17-21-9-5-6-10-24(21)28)22-13-15-27(33,16-14-22)25-12-11-23(18-29-25)34-19-20-7-3-2-4-8-20/h2-12,18,22,33H,13-17,19H2,1H3,(H,30,32)/t22-,27+. The first-order valence-electron chi connectivity index (χ1n) is 11.5. The molecular formula is C27H30FN3O3. The van der Waals surface area contributed by atoms with E-state index in [1.165, 1.54) is 6.07 Å². The molecule has 7 heteroatoms. The lowest BCUT2D eigenvalue weighted by molar-refractivity contribution is -0.0212. The van der Waals surface area contributed by atoms with Gasteiger partial charge < -0.3 is 20.1 Å². The van der Waals surface area contributed by atoms with Crippen LogP contribution in [-0.2, 0) is 18.8 Å². The molecule has 2 aromatic carbocycles. The molecule has 0 bridgehead atoms. The molecule has 0 saturated heterocycles. The van der Waals surface area contributed by atoms with Crippen LogP contribution >= 0.6 is 0 Å². The third-order valence-electron chi connectivity index (χ3n) is 6.50. The van der Waals surface area contributed by atoms with Gasteiger partial charge in [-0.05, 0) is 49.4 Å². The van der Waals surface area contributed by atoms with E-state index >= 15 is 0 Å².